The Balaban J connectivity index is 0.000000298. The highest BCUT2D eigenvalue weighted by atomic mass is 16.5. The van der Waals surface area contributed by atoms with Gasteiger partial charge >= 0.3 is 0 Å². The molecule has 4 heterocycles. The third-order valence-corrected chi connectivity index (χ3v) is 8.46. The molecule has 22 heteroatoms. The summed E-state index contributed by atoms with van der Waals surface area (Å²) in [5, 5.41) is 63.3. The quantitative estimate of drug-likeness (QED) is 0.0781. The van der Waals surface area contributed by atoms with E-state index in [-0.39, 0.29) is 0 Å². The first-order chi connectivity index (χ1) is 30.7. The van der Waals surface area contributed by atoms with Crippen molar-refractivity contribution >= 4 is 69.8 Å². The van der Waals surface area contributed by atoms with E-state index in [1.165, 1.54) is 11.0 Å². The van der Waals surface area contributed by atoms with Crippen LogP contribution in [0.25, 0.3) is 22.1 Å². The lowest BCUT2D eigenvalue weighted by Gasteiger charge is -2.28. The van der Waals surface area contributed by atoms with Crippen molar-refractivity contribution in [1.29, 1.82) is 0 Å². The molecule has 0 amide bonds. The van der Waals surface area contributed by atoms with Gasteiger partial charge in [-0.25, -0.2) is 9.97 Å². The number of ether oxygens (including phenoxy) is 2. The lowest BCUT2D eigenvalue weighted by Crippen LogP contribution is -2.44. The van der Waals surface area contributed by atoms with Crippen LogP contribution in [0, 0.1) is 0 Å². The summed E-state index contributed by atoms with van der Waals surface area (Å²) in [5.74, 6) is -7.13. The molecule has 2 aromatic heterocycles. The fraction of sp³-hybridized carbons (Fsp3) is 0.381. The van der Waals surface area contributed by atoms with Crippen LogP contribution in [-0.4, -0.2) is 134 Å². The third-order valence-electron chi connectivity index (χ3n) is 8.46. The van der Waals surface area contributed by atoms with E-state index in [0.29, 0.717) is 36.5 Å². The number of rotatable bonds is 16. The first-order valence-corrected chi connectivity index (χ1v) is 20.0. The summed E-state index contributed by atoms with van der Waals surface area (Å²) in [7, 11) is 0. The number of imidazole rings is 2. The largest absolute Gasteiger partial charge is 0.545 e. The summed E-state index contributed by atoms with van der Waals surface area (Å²) < 4.78 is 15.6. The van der Waals surface area contributed by atoms with Crippen molar-refractivity contribution in [2.24, 2.45) is 0 Å². The van der Waals surface area contributed by atoms with Gasteiger partial charge in [0.2, 0.25) is 11.9 Å². The topological polar surface area (TPSA) is 325 Å². The zero-order valence-electron chi connectivity index (χ0n) is 35.4. The van der Waals surface area contributed by atoms with Crippen LogP contribution in [0.4, 0.5) is 11.9 Å². The van der Waals surface area contributed by atoms with Crippen molar-refractivity contribution in [3.63, 3.8) is 0 Å². The second-order valence-electron chi connectivity index (χ2n) is 12.9. The van der Waals surface area contributed by atoms with Crippen LogP contribution in [0.15, 0.2) is 85.0 Å². The molecular formula is C42H50N8O14-6. The van der Waals surface area contributed by atoms with E-state index >= 15 is 0 Å². The third kappa shape index (κ3) is 20.6. The van der Waals surface area contributed by atoms with E-state index in [2.05, 4.69) is 66.0 Å². The maximum atomic E-state index is 9.41. The first kappa shape index (κ1) is 53.0. The van der Waals surface area contributed by atoms with Gasteiger partial charge in [0.1, 0.15) is 0 Å². The molecule has 22 nitrogen and oxygen atoms in total. The molecule has 2 saturated heterocycles. The molecule has 348 valence electrons. The molecule has 64 heavy (non-hydrogen) atoms. The standard InChI is InChI=1S/2C15H22N4O.3C4H4O4/c2*1-2-20-12-11-19-14-6-4-3-5-13(14)17-15(19)18-9-7-16-8-10-18;3*5-3(6)1-2-4(7)8/h2*3-6,16H,2,7-12H2,1H3;3*1-2H,(H,5,6)(H,7,8)/p-6/b;;3*2-1+. The van der Waals surface area contributed by atoms with E-state index in [1.54, 1.807) is 0 Å². The van der Waals surface area contributed by atoms with Crippen molar-refractivity contribution in [3.8, 4) is 0 Å². The highest BCUT2D eigenvalue weighted by Gasteiger charge is 2.20. The van der Waals surface area contributed by atoms with Crippen LogP contribution in [0.3, 0.4) is 0 Å². The van der Waals surface area contributed by atoms with Crippen LogP contribution < -0.4 is 51.1 Å². The number of hydrogen-bond donors (Lipinski definition) is 2. The summed E-state index contributed by atoms with van der Waals surface area (Å²) in [5.41, 5.74) is 4.52. The smallest absolute Gasteiger partial charge is 0.206 e. The fourth-order valence-electron chi connectivity index (χ4n) is 5.79. The molecule has 2 aliphatic rings. The zero-order chi connectivity index (χ0) is 47.3. The number of carbonyl (C=O) groups excluding carboxylic acids is 6. The Hall–Kier alpha value is -7.14. The summed E-state index contributed by atoms with van der Waals surface area (Å²) in [4.78, 5) is 70.9. The van der Waals surface area contributed by atoms with E-state index in [4.69, 9.17) is 19.4 Å². The minimum atomic E-state index is -1.55. The molecule has 0 atom stereocenters. The predicted octanol–water partition coefficient (Wildman–Crippen LogP) is -5.91. The minimum Gasteiger partial charge on any atom is -0.545 e. The average Bonchev–Trinajstić information content (AvgIpc) is 3.84. The number of anilines is 2. The van der Waals surface area contributed by atoms with Crippen LogP contribution >= 0.6 is 0 Å². The summed E-state index contributed by atoms with van der Waals surface area (Å²) in [6, 6.07) is 16.7. The Labute approximate surface area is 368 Å². The number of piperazine rings is 2. The fourth-order valence-corrected chi connectivity index (χ4v) is 5.79. The number of carbonyl (C=O) groups is 6. The van der Waals surface area contributed by atoms with Crippen LogP contribution in [0.5, 0.6) is 0 Å². The molecule has 0 unspecified atom stereocenters. The highest BCUT2D eigenvalue weighted by Crippen LogP contribution is 2.24. The molecule has 0 spiro atoms. The van der Waals surface area contributed by atoms with E-state index in [9.17, 15) is 59.4 Å². The summed E-state index contributed by atoms with van der Waals surface area (Å²) >= 11 is 0. The number of nitrogens with one attached hydrogen (secondary N) is 2. The number of aromatic nitrogens is 4. The SMILES string of the molecule is CCOCCn1c(N2CCNCC2)nc2ccccc21.CCOCCn1c(N2CCNCC2)nc2ccccc21.O=C([O-])/C=C/C(=O)[O-].O=C([O-])/C=C/C(=O)[O-].O=C([O-])/C=C/C(=O)[O-]. The number of fused-ring (bicyclic) bond motifs is 2. The average molecular weight is 891 g/mol. The molecule has 4 aromatic rings. The van der Waals surface area contributed by atoms with Gasteiger partial charge in [-0.2, -0.15) is 0 Å². The van der Waals surface area contributed by atoms with Gasteiger partial charge in [-0.3, -0.25) is 0 Å². The molecule has 2 aliphatic heterocycles. The highest BCUT2D eigenvalue weighted by molar-refractivity contribution is 5.89. The molecule has 0 bridgehead atoms. The van der Waals surface area contributed by atoms with Crippen molar-refractivity contribution < 1.29 is 68.9 Å². The van der Waals surface area contributed by atoms with Gasteiger partial charge in [0.05, 0.1) is 71.1 Å². The summed E-state index contributed by atoms with van der Waals surface area (Å²) in [6.07, 6.45) is 2.31. The van der Waals surface area contributed by atoms with Crippen LogP contribution in [0.2, 0.25) is 0 Å². The van der Waals surface area contributed by atoms with Gasteiger partial charge in [0, 0.05) is 78.7 Å². The number of carboxylic acids is 6. The number of carboxylic acid groups (broad SMARTS) is 6. The Kier molecular flexibility index (Phi) is 24.8. The second-order valence-corrected chi connectivity index (χ2v) is 12.9. The van der Waals surface area contributed by atoms with Crippen molar-refractivity contribution in [1.82, 2.24) is 29.7 Å². The minimum absolute atomic E-state index is 0.384. The number of para-hydroxylation sites is 4. The van der Waals surface area contributed by atoms with Crippen molar-refractivity contribution in [2.45, 2.75) is 26.9 Å². The lowest BCUT2D eigenvalue weighted by atomic mass is 10.3. The van der Waals surface area contributed by atoms with Crippen molar-refractivity contribution in [3.05, 3.63) is 85.0 Å². The van der Waals surface area contributed by atoms with Gasteiger partial charge in [0.15, 0.2) is 0 Å². The number of aliphatic carboxylic acids is 6. The molecule has 0 radical (unpaired) electrons. The van der Waals surface area contributed by atoms with Crippen LogP contribution in [-0.2, 0) is 51.3 Å². The Morgan fingerprint density at radius 3 is 1.06 bits per heavy atom. The van der Waals surface area contributed by atoms with Gasteiger partial charge in [-0.15, -0.1) is 0 Å². The predicted molar refractivity (Wildman–Crippen MR) is 220 cm³/mol. The molecule has 2 aromatic carbocycles. The lowest BCUT2D eigenvalue weighted by molar-refractivity contribution is -0.301. The Morgan fingerprint density at radius 1 is 0.516 bits per heavy atom. The van der Waals surface area contributed by atoms with Crippen LogP contribution in [0.1, 0.15) is 13.8 Å². The number of benzene rings is 2. The molecule has 0 aliphatic carbocycles. The van der Waals surface area contributed by atoms with E-state index in [0.717, 1.165) is 115 Å². The van der Waals surface area contributed by atoms with Crippen molar-refractivity contribution in [2.75, 3.05) is 88.6 Å². The van der Waals surface area contributed by atoms with E-state index in [1.807, 2.05) is 26.0 Å². The van der Waals surface area contributed by atoms with Gasteiger partial charge in [-0.05, 0) is 74.6 Å². The Bertz CT molecular complexity index is 1960. The maximum Gasteiger partial charge on any atom is 0.206 e. The van der Waals surface area contributed by atoms with E-state index < -0.39 is 35.8 Å². The first-order valence-electron chi connectivity index (χ1n) is 20.0. The number of nitrogens with zero attached hydrogens (tertiary/aromatic N) is 6. The monoisotopic (exact) mass is 890 g/mol. The normalized spacial score (nSPS) is 13.5. The molecule has 2 N–H and O–H groups in total. The molecular weight excluding hydrogens is 841 g/mol. The second kappa shape index (κ2) is 30.0. The van der Waals surface area contributed by atoms with Gasteiger partial charge < -0.3 is 98.4 Å². The number of hydrogen-bond acceptors (Lipinski definition) is 20. The molecule has 0 saturated carbocycles. The van der Waals surface area contributed by atoms with Gasteiger partial charge in [-0.1, -0.05) is 24.3 Å². The van der Waals surface area contributed by atoms with Gasteiger partial charge in [0.25, 0.3) is 0 Å². The molecule has 6 rings (SSSR count). The Morgan fingerprint density at radius 2 is 0.797 bits per heavy atom. The molecule has 2 fully saturated rings. The maximum absolute atomic E-state index is 9.41. The zero-order valence-corrected chi connectivity index (χ0v) is 35.4. The summed E-state index contributed by atoms with van der Waals surface area (Å²) in [6.45, 7) is 16.9.